The molecule has 138 valence electrons. The van der Waals surface area contributed by atoms with Crippen LogP contribution < -0.4 is 5.32 Å². The third-order valence-electron chi connectivity index (χ3n) is 5.19. The third-order valence-corrected chi connectivity index (χ3v) is 6.41. The maximum absolute atomic E-state index is 11.9. The molecule has 0 saturated carbocycles. The Morgan fingerprint density at radius 3 is 2.85 bits per heavy atom. The summed E-state index contributed by atoms with van der Waals surface area (Å²) < 4.78 is 5.59. The molecule has 5 nitrogen and oxygen atoms in total. The number of carbonyl (C=O) groups is 1. The van der Waals surface area contributed by atoms with Gasteiger partial charge in [-0.2, -0.15) is 0 Å². The maximum Gasteiger partial charge on any atom is 0.221 e. The molecule has 6 heteroatoms. The number of anilines is 1. The topological polar surface area (TPSA) is 54.5 Å². The van der Waals surface area contributed by atoms with Crippen LogP contribution in [0.15, 0.2) is 24.5 Å². The van der Waals surface area contributed by atoms with E-state index >= 15 is 0 Å². The number of aromatic nitrogens is 1. The lowest BCUT2D eigenvalue weighted by molar-refractivity contribution is -0.114. The van der Waals surface area contributed by atoms with Crippen molar-refractivity contribution in [1.82, 2.24) is 9.88 Å². The van der Waals surface area contributed by atoms with Crippen LogP contribution >= 0.6 is 11.3 Å². The molecule has 3 heterocycles. The number of fused-ring (bicyclic) bond motifs is 1. The summed E-state index contributed by atoms with van der Waals surface area (Å²) in [6.07, 6.45) is 8.46. The van der Waals surface area contributed by atoms with Gasteiger partial charge in [-0.05, 0) is 42.9 Å². The van der Waals surface area contributed by atoms with E-state index < -0.39 is 0 Å². The van der Waals surface area contributed by atoms with Gasteiger partial charge in [0.05, 0.1) is 19.3 Å². The number of hydrogen-bond acceptors (Lipinski definition) is 5. The molecule has 2 aromatic rings. The number of nitrogens with one attached hydrogen (secondary N) is 1. The number of carbonyl (C=O) groups excluding carboxylic acids is 1. The predicted octanol–water partition coefficient (Wildman–Crippen LogP) is 3.40. The molecule has 1 N–H and O–H groups in total. The fraction of sp³-hybridized carbons (Fsp3) is 0.500. The highest BCUT2D eigenvalue weighted by Gasteiger charge is 2.32. The average Bonchev–Trinajstić information content (AvgIpc) is 3.01. The van der Waals surface area contributed by atoms with Gasteiger partial charge in [-0.25, -0.2) is 0 Å². The Bertz CT molecular complexity index is 769. The van der Waals surface area contributed by atoms with Crippen molar-refractivity contribution in [2.45, 2.75) is 38.6 Å². The van der Waals surface area contributed by atoms with Crippen molar-refractivity contribution < 1.29 is 9.53 Å². The van der Waals surface area contributed by atoms with Gasteiger partial charge in [0.1, 0.15) is 5.00 Å². The van der Waals surface area contributed by atoms with Gasteiger partial charge in [0, 0.05) is 42.8 Å². The molecule has 2 aliphatic rings. The number of morpholine rings is 1. The minimum absolute atomic E-state index is 0.00300. The third kappa shape index (κ3) is 3.54. The minimum atomic E-state index is -0.00300. The average molecular weight is 372 g/mol. The number of rotatable bonds is 4. The first-order valence-corrected chi connectivity index (χ1v) is 10.2. The summed E-state index contributed by atoms with van der Waals surface area (Å²) in [5.74, 6) is -0.00300. The van der Waals surface area contributed by atoms with Gasteiger partial charge in [0.25, 0.3) is 0 Å². The lowest BCUT2D eigenvalue weighted by Crippen LogP contribution is -2.40. The van der Waals surface area contributed by atoms with Gasteiger partial charge in [0.2, 0.25) is 5.91 Å². The number of nitrogens with zero attached hydrogens (tertiary/aromatic N) is 2. The van der Waals surface area contributed by atoms with E-state index in [4.69, 9.17) is 4.74 Å². The first-order valence-electron chi connectivity index (χ1n) is 9.38. The summed E-state index contributed by atoms with van der Waals surface area (Å²) in [5.41, 5.74) is 3.92. The molecule has 1 saturated heterocycles. The molecule has 0 radical (unpaired) electrons. The van der Waals surface area contributed by atoms with Crippen molar-refractivity contribution in [1.29, 1.82) is 0 Å². The first-order chi connectivity index (χ1) is 12.7. The number of hydrogen-bond donors (Lipinski definition) is 1. The van der Waals surface area contributed by atoms with E-state index in [0.29, 0.717) is 0 Å². The monoisotopic (exact) mass is 371 g/mol. The summed E-state index contributed by atoms with van der Waals surface area (Å²) >= 11 is 1.77. The van der Waals surface area contributed by atoms with Crippen LogP contribution in [0.5, 0.6) is 0 Å². The van der Waals surface area contributed by atoms with Gasteiger partial charge in [0.15, 0.2) is 0 Å². The summed E-state index contributed by atoms with van der Waals surface area (Å²) in [6.45, 7) is 4.88. The molecular formula is C20H25N3O2S. The summed E-state index contributed by atoms with van der Waals surface area (Å²) in [6, 6.07) is 4.27. The molecule has 1 fully saturated rings. The van der Waals surface area contributed by atoms with E-state index in [1.54, 1.807) is 18.3 Å². The molecule has 1 atom stereocenters. The largest absolute Gasteiger partial charge is 0.379 e. The van der Waals surface area contributed by atoms with Gasteiger partial charge in [-0.1, -0.05) is 6.07 Å². The highest BCUT2D eigenvalue weighted by atomic mass is 32.1. The number of aryl methyl sites for hydroxylation is 1. The molecular weight excluding hydrogens is 346 g/mol. The van der Waals surface area contributed by atoms with Crippen molar-refractivity contribution in [2.75, 3.05) is 31.6 Å². The highest BCUT2D eigenvalue weighted by Crippen LogP contribution is 2.45. The van der Waals surface area contributed by atoms with Gasteiger partial charge < -0.3 is 10.1 Å². The quantitative estimate of drug-likeness (QED) is 0.895. The molecule has 1 aliphatic heterocycles. The van der Waals surface area contributed by atoms with Gasteiger partial charge >= 0.3 is 0 Å². The van der Waals surface area contributed by atoms with Crippen molar-refractivity contribution >= 4 is 22.2 Å². The molecule has 26 heavy (non-hydrogen) atoms. The summed E-state index contributed by atoms with van der Waals surface area (Å²) in [7, 11) is 0. The Labute approximate surface area is 158 Å². The fourth-order valence-corrected chi connectivity index (χ4v) is 5.43. The number of amides is 1. The van der Waals surface area contributed by atoms with Crippen molar-refractivity contribution in [3.05, 3.63) is 46.1 Å². The second kappa shape index (κ2) is 7.86. The van der Waals surface area contributed by atoms with E-state index in [1.165, 1.54) is 34.4 Å². The van der Waals surface area contributed by atoms with Crippen LogP contribution in [0, 0.1) is 0 Å². The van der Waals surface area contributed by atoms with E-state index in [-0.39, 0.29) is 11.9 Å². The maximum atomic E-state index is 11.9. The second-order valence-corrected chi connectivity index (χ2v) is 8.08. The zero-order valence-electron chi connectivity index (χ0n) is 15.2. The SMILES string of the molecule is CC(=O)Nc1sc2c(c1[C@@H](c1cccnc1)N1CCOCC1)CCCC2. The molecule has 1 aliphatic carbocycles. The number of pyridine rings is 1. The molecule has 0 bridgehead atoms. The second-order valence-electron chi connectivity index (χ2n) is 6.97. The predicted molar refractivity (Wildman–Crippen MR) is 104 cm³/mol. The summed E-state index contributed by atoms with van der Waals surface area (Å²) in [5, 5.41) is 4.14. The number of ether oxygens (including phenoxy) is 1. The molecule has 1 amide bonds. The first kappa shape index (κ1) is 17.6. The van der Waals surface area contributed by atoms with E-state index in [0.717, 1.165) is 44.1 Å². The van der Waals surface area contributed by atoms with E-state index in [2.05, 4.69) is 21.3 Å². The molecule has 0 aromatic carbocycles. The Morgan fingerprint density at radius 2 is 2.12 bits per heavy atom. The van der Waals surface area contributed by atoms with Crippen LogP contribution in [-0.4, -0.2) is 42.1 Å². The zero-order chi connectivity index (χ0) is 17.9. The minimum Gasteiger partial charge on any atom is -0.379 e. The van der Waals surface area contributed by atoms with Gasteiger partial charge in [-0.15, -0.1) is 11.3 Å². The van der Waals surface area contributed by atoms with Crippen molar-refractivity contribution in [2.24, 2.45) is 0 Å². The number of thiophene rings is 1. The lowest BCUT2D eigenvalue weighted by atomic mass is 9.89. The summed E-state index contributed by atoms with van der Waals surface area (Å²) in [4.78, 5) is 20.2. The van der Waals surface area contributed by atoms with Crippen molar-refractivity contribution in [3.63, 3.8) is 0 Å². The Kier molecular flexibility index (Phi) is 5.33. The highest BCUT2D eigenvalue weighted by molar-refractivity contribution is 7.16. The fourth-order valence-electron chi connectivity index (χ4n) is 4.07. The van der Waals surface area contributed by atoms with E-state index in [9.17, 15) is 4.79 Å². The van der Waals surface area contributed by atoms with Crippen LogP contribution in [-0.2, 0) is 22.4 Å². The van der Waals surface area contributed by atoms with E-state index in [1.807, 2.05) is 18.5 Å². The smallest absolute Gasteiger partial charge is 0.221 e. The molecule has 2 aromatic heterocycles. The van der Waals surface area contributed by atoms with Crippen LogP contribution in [0.2, 0.25) is 0 Å². The Morgan fingerprint density at radius 1 is 1.31 bits per heavy atom. The van der Waals surface area contributed by atoms with Crippen LogP contribution in [0.25, 0.3) is 0 Å². The van der Waals surface area contributed by atoms with Crippen molar-refractivity contribution in [3.8, 4) is 0 Å². The van der Waals surface area contributed by atoms with Crippen LogP contribution in [0.3, 0.4) is 0 Å². The molecule has 4 rings (SSSR count). The molecule has 0 unspecified atom stereocenters. The lowest BCUT2D eigenvalue weighted by Gasteiger charge is -2.36. The Balaban J connectivity index is 1.84. The van der Waals surface area contributed by atoms with Crippen LogP contribution in [0.4, 0.5) is 5.00 Å². The normalized spacial score (nSPS) is 19.0. The van der Waals surface area contributed by atoms with Crippen LogP contribution in [0.1, 0.15) is 47.4 Å². The van der Waals surface area contributed by atoms with Gasteiger partial charge in [-0.3, -0.25) is 14.7 Å². The Hall–Kier alpha value is -1.76. The molecule has 0 spiro atoms. The zero-order valence-corrected chi connectivity index (χ0v) is 16.0. The standard InChI is InChI=1S/C20H25N3O2S/c1-14(24)22-20-18(16-6-2-3-7-17(16)26-20)19(15-5-4-8-21-13-15)23-9-11-25-12-10-23/h4-5,8,13,19H,2-3,6-7,9-12H2,1H3,(H,22,24)/t19-/m1/s1.